The summed E-state index contributed by atoms with van der Waals surface area (Å²) in [5.41, 5.74) is 4.45. The van der Waals surface area contributed by atoms with Crippen molar-refractivity contribution in [2.75, 3.05) is 31.6 Å². The van der Waals surface area contributed by atoms with Crippen molar-refractivity contribution in [3.63, 3.8) is 0 Å². The van der Waals surface area contributed by atoms with Gasteiger partial charge < -0.3 is 19.7 Å². The number of hydrogen-bond acceptors (Lipinski definition) is 6. The van der Waals surface area contributed by atoms with Crippen molar-refractivity contribution < 1.29 is 23.9 Å². The molecule has 2 N–H and O–H groups in total. The maximum absolute atomic E-state index is 13.0. The third-order valence-corrected chi connectivity index (χ3v) is 6.98. The number of carbonyl (C=O) groups is 3. The van der Waals surface area contributed by atoms with E-state index in [-0.39, 0.29) is 11.6 Å². The zero-order valence-corrected chi connectivity index (χ0v) is 23.6. The average Bonchev–Trinajstić information content (AvgIpc) is 3.00. The molecule has 0 atom stereocenters. The van der Waals surface area contributed by atoms with Gasteiger partial charge in [0.05, 0.1) is 30.7 Å². The van der Waals surface area contributed by atoms with Crippen molar-refractivity contribution in [3.8, 4) is 5.75 Å². The molecule has 0 aromatic heterocycles. The fourth-order valence-electron chi connectivity index (χ4n) is 4.42. The summed E-state index contributed by atoms with van der Waals surface area (Å²) >= 11 is 3.47. The molecule has 0 saturated carbocycles. The number of carbonyl (C=O) groups excluding carboxylic acids is 3. The number of ether oxygens (including phenoxy) is 2. The molecule has 3 amide bonds. The smallest absolute Gasteiger partial charge is 0.329 e. The molecule has 4 aromatic carbocycles. The van der Waals surface area contributed by atoms with Crippen LogP contribution in [0.15, 0.2) is 94.5 Å². The van der Waals surface area contributed by atoms with E-state index in [4.69, 9.17) is 9.47 Å². The van der Waals surface area contributed by atoms with E-state index in [0.29, 0.717) is 49.8 Å². The Kier molecular flexibility index (Phi) is 9.02. The highest BCUT2D eigenvalue weighted by Crippen LogP contribution is 2.28. The van der Waals surface area contributed by atoms with E-state index >= 15 is 0 Å². The lowest BCUT2D eigenvalue weighted by Gasteiger charge is -2.27. The van der Waals surface area contributed by atoms with Crippen LogP contribution in [0.1, 0.15) is 21.5 Å². The Balaban J connectivity index is 1.29. The Morgan fingerprint density at radius 1 is 0.927 bits per heavy atom. The first-order valence-electron chi connectivity index (χ1n) is 13.0. The molecule has 1 heterocycles. The predicted octanol–water partition coefficient (Wildman–Crippen LogP) is 4.74. The Morgan fingerprint density at radius 2 is 1.71 bits per heavy atom. The summed E-state index contributed by atoms with van der Waals surface area (Å²) in [7, 11) is 0. The number of hydrogen-bond donors (Lipinski definition) is 2. The number of hydrazone groups is 1. The summed E-state index contributed by atoms with van der Waals surface area (Å²) in [6, 6.07) is 25.9. The highest BCUT2D eigenvalue weighted by Gasteiger charge is 2.23. The van der Waals surface area contributed by atoms with Crippen molar-refractivity contribution in [2.45, 2.75) is 6.61 Å². The van der Waals surface area contributed by atoms with Crippen LogP contribution in [0.3, 0.4) is 0 Å². The normalized spacial score (nSPS) is 13.2. The van der Waals surface area contributed by atoms with E-state index in [1.165, 1.54) is 6.21 Å². The van der Waals surface area contributed by atoms with Crippen molar-refractivity contribution in [1.29, 1.82) is 0 Å². The van der Waals surface area contributed by atoms with Crippen LogP contribution in [0.2, 0.25) is 0 Å². The van der Waals surface area contributed by atoms with Crippen molar-refractivity contribution in [3.05, 3.63) is 106 Å². The Hall–Kier alpha value is -4.54. The van der Waals surface area contributed by atoms with Gasteiger partial charge in [-0.3, -0.25) is 14.4 Å². The van der Waals surface area contributed by atoms with Crippen molar-refractivity contribution >= 4 is 56.3 Å². The largest absolute Gasteiger partial charge is 0.488 e. The molecule has 1 aliphatic heterocycles. The monoisotopic (exact) mass is 614 g/mol. The number of morpholine rings is 1. The second-order valence-electron chi connectivity index (χ2n) is 9.22. The van der Waals surface area contributed by atoms with E-state index < -0.39 is 11.8 Å². The molecule has 5 rings (SSSR count). The summed E-state index contributed by atoms with van der Waals surface area (Å²) in [4.78, 5) is 40.0. The van der Waals surface area contributed by atoms with Crippen LogP contribution < -0.4 is 15.5 Å². The fraction of sp³-hybridized carbons (Fsp3) is 0.161. The van der Waals surface area contributed by atoms with E-state index in [1.54, 1.807) is 29.2 Å². The summed E-state index contributed by atoms with van der Waals surface area (Å²) in [6.45, 7) is 2.15. The first-order valence-corrected chi connectivity index (χ1v) is 13.8. The fourth-order valence-corrected chi connectivity index (χ4v) is 4.87. The molecule has 208 valence electrons. The molecule has 4 aromatic rings. The van der Waals surface area contributed by atoms with Gasteiger partial charge in [0.15, 0.2) is 0 Å². The summed E-state index contributed by atoms with van der Waals surface area (Å²) in [6.07, 6.45) is 1.46. The van der Waals surface area contributed by atoms with Gasteiger partial charge in [-0.25, -0.2) is 5.43 Å². The number of amides is 3. The number of halogens is 1. The van der Waals surface area contributed by atoms with Crippen LogP contribution in [-0.2, 0) is 20.9 Å². The Labute approximate surface area is 245 Å². The van der Waals surface area contributed by atoms with Crippen LogP contribution in [0.25, 0.3) is 10.8 Å². The van der Waals surface area contributed by atoms with Crippen LogP contribution in [0.5, 0.6) is 5.75 Å². The van der Waals surface area contributed by atoms with Gasteiger partial charge in [-0.15, -0.1) is 0 Å². The number of benzene rings is 4. The lowest BCUT2D eigenvalue weighted by Crippen LogP contribution is -2.41. The molecule has 0 aliphatic carbocycles. The quantitative estimate of drug-likeness (QED) is 0.177. The van der Waals surface area contributed by atoms with Gasteiger partial charge >= 0.3 is 11.8 Å². The molecule has 10 heteroatoms. The number of nitrogens with one attached hydrogen (secondary N) is 2. The van der Waals surface area contributed by atoms with E-state index in [1.807, 2.05) is 60.7 Å². The molecule has 0 unspecified atom stereocenters. The van der Waals surface area contributed by atoms with Gasteiger partial charge in [-0.05, 0) is 46.7 Å². The van der Waals surface area contributed by atoms with Gasteiger partial charge in [-0.1, -0.05) is 70.5 Å². The van der Waals surface area contributed by atoms with Crippen LogP contribution in [0.4, 0.5) is 5.69 Å². The molecule has 41 heavy (non-hydrogen) atoms. The molecular formula is C31H27BrN4O5. The minimum absolute atomic E-state index is 0.241. The number of rotatable bonds is 7. The van der Waals surface area contributed by atoms with Gasteiger partial charge in [0, 0.05) is 23.1 Å². The number of anilines is 1. The third kappa shape index (κ3) is 6.97. The molecule has 9 nitrogen and oxygen atoms in total. The molecule has 1 saturated heterocycles. The highest BCUT2D eigenvalue weighted by molar-refractivity contribution is 9.10. The molecule has 0 bridgehead atoms. The molecule has 0 spiro atoms. The maximum Gasteiger partial charge on any atom is 0.329 e. The second kappa shape index (κ2) is 13.2. The van der Waals surface area contributed by atoms with E-state index in [0.717, 1.165) is 20.8 Å². The first-order chi connectivity index (χ1) is 20.0. The summed E-state index contributed by atoms with van der Waals surface area (Å²) < 4.78 is 12.4. The second-order valence-corrected chi connectivity index (χ2v) is 10.1. The highest BCUT2D eigenvalue weighted by atomic mass is 79.9. The van der Waals surface area contributed by atoms with Crippen molar-refractivity contribution in [2.24, 2.45) is 5.10 Å². The Morgan fingerprint density at radius 3 is 2.54 bits per heavy atom. The zero-order chi connectivity index (χ0) is 28.6. The summed E-state index contributed by atoms with van der Waals surface area (Å²) in [5, 5.41) is 8.42. The average molecular weight is 615 g/mol. The standard InChI is InChI=1S/C31H27BrN4O5/c32-23-8-5-6-21(18-23)20-41-28-13-12-22-7-1-2-9-24(22)26(28)19-33-35-30(38)29(37)34-27-11-4-3-10-25(27)31(39)36-14-16-40-17-15-36/h1-13,18-19H,14-17,20H2,(H,34,37)(H,35,38)/b33-19-. The topological polar surface area (TPSA) is 109 Å². The molecule has 0 radical (unpaired) electrons. The van der Waals surface area contributed by atoms with Crippen LogP contribution in [-0.4, -0.2) is 55.1 Å². The summed E-state index contributed by atoms with van der Waals surface area (Å²) in [5.74, 6) is -1.60. The minimum Gasteiger partial charge on any atom is -0.488 e. The lowest BCUT2D eigenvalue weighted by molar-refractivity contribution is -0.136. The Bertz CT molecular complexity index is 1620. The minimum atomic E-state index is -0.980. The number of fused-ring (bicyclic) bond motifs is 1. The SMILES string of the molecule is O=C(N/N=C\c1c(OCc2cccc(Br)c2)ccc2ccccc12)C(=O)Nc1ccccc1C(=O)N1CCOCC1. The number of para-hydroxylation sites is 1. The zero-order valence-electron chi connectivity index (χ0n) is 22.0. The van der Waals surface area contributed by atoms with Gasteiger partial charge in [0.25, 0.3) is 5.91 Å². The van der Waals surface area contributed by atoms with Crippen molar-refractivity contribution in [1.82, 2.24) is 10.3 Å². The molecular weight excluding hydrogens is 588 g/mol. The van der Waals surface area contributed by atoms with E-state index in [9.17, 15) is 14.4 Å². The number of nitrogens with zero attached hydrogens (tertiary/aromatic N) is 2. The van der Waals surface area contributed by atoms with E-state index in [2.05, 4.69) is 31.8 Å². The van der Waals surface area contributed by atoms with Gasteiger partial charge in [0.2, 0.25) is 0 Å². The molecule has 1 fully saturated rings. The van der Waals surface area contributed by atoms with Crippen LogP contribution >= 0.6 is 15.9 Å². The first kappa shape index (κ1) is 28.0. The lowest BCUT2D eigenvalue weighted by atomic mass is 10.0. The van der Waals surface area contributed by atoms with Gasteiger partial charge in [0.1, 0.15) is 12.4 Å². The maximum atomic E-state index is 13.0. The predicted molar refractivity (Wildman–Crippen MR) is 160 cm³/mol. The molecule has 1 aliphatic rings. The van der Waals surface area contributed by atoms with Crippen LogP contribution in [0, 0.1) is 0 Å². The third-order valence-electron chi connectivity index (χ3n) is 6.48. The van der Waals surface area contributed by atoms with Gasteiger partial charge in [-0.2, -0.15) is 5.10 Å².